The average molecular weight is 381 g/mol. The highest BCUT2D eigenvalue weighted by Crippen LogP contribution is 2.18. The Balaban J connectivity index is 0.00000243. The van der Waals surface area contributed by atoms with Gasteiger partial charge in [0.15, 0.2) is 0 Å². The monoisotopic (exact) mass is 380 g/mol. The van der Waals surface area contributed by atoms with Crippen LogP contribution < -0.4 is 11.0 Å². The molecule has 1 aliphatic rings. The smallest absolute Gasteiger partial charge is 0.323 e. The molecule has 1 aromatic heterocycles. The molecule has 3 rings (SSSR count). The number of rotatable bonds is 7. The number of nitrogens with zero attached hydrogens (tertiary/aromatic N) is 1. The van der Waals surface area contributed by atoms with E-state index in [9.17, 15) is 9.59 Å². The molecule has 2 heterocycles. The summed E-state index contributed by atoms with van der Waals surface area (Å²) in [6.45, 7) is 6.00. The summed E-state index contributed by atoms with van der Waals surface area (Å²) < 4.78 is 0. The van der Waals surface area contributed by atoms with Crippen LogP contribution in [0, 0.1) is 5.92 Å². The number of carbonyl (C=O) groups excluding carboxylic acids is 1. The number of hydrogen-bond donors (Lipinski definition) is 3. The van der Waals surface area contributed by atoms with Crippen LogP contribution in [-0.4, -0.2) is 47.0 Å². The Morgan fingerprint density at radius 2 is 1.96 bits per heavy atom. The zero-order valence-electron chi connectivity index (χ0n) is 15.3. The zero-order valence-corrected chi connectivity index (χ0v) is 16.2. The zero-order chi connectivity index (χ0) is 17.6. The van der Waals surface area contributed by atoms with Crippen molar-refractivity contribution >= 4 is 29.3 Å². The van der Waals surface area contributed by atoms with E-state index in [1.807, 2.05) is 23.1 Å². The number of aromatic amines is 2. The van der Waals surface area contributed by atoms with E-state index in [4.69, 9.17) is 0 Å². The maximum atomic E-state index is 12.4. The first-order valence-electron chi connectivity index (χ1n) is 9.35. The third-order valence-electron chi connectivity index (χ3n) is 5.09. The van der Waals surface area contributed by atoms with Gasteiger partial charge in [0.2, 0.25) is 5.91 Å². The number of piperidine rings is 1. The fraction of sp³-hybridized carbons (Fsp3) is 0.579. The second-order valence-electron chi connectivity index (χ2n) is 6.94. The fourth-order valence-electron chi connectivity index (χ4n) is 3.57. The van der Waals surface area contributed by atoms with Gasteiger partial charge >= 0.3 is 5.69 Å². The minimum Gasteiger partial charge on any atom is -0.343 e. The van der Waals surface area contributed by atoms with E-state index in [-0.39, 0.29) is 24.0 Å². The molecule has 0 saturated carbocycles. The van der Waals surface area contributed by atoms with E-state index >= 15 is 0 Å². The molecule has 0 bridgehead atoms. The Morgan fingerprint density at radius 1 is 1.23 bits per heavy atom. The topological polar surface area (TPSA) is 81.0 Å². The summed E-state index contributed by atoms with van der Waals surface area (Å²) in [6, 6.07) is 5.92. The standard InChI is InChI=1S/C19H28N4O2.ClH/c1-2-20-13-15-8-10-23(11-9-15)18(24)5-3-4-14-6-7-16-17(12-14)22-19(25)21-16;/h6-7,12,15,20H,2-5,8-11,13H2,1H3,(H2,21,22,25);1H. The maximum Gasteiger partial charge on any atom is 0.323 e. The molecule has 0 spiro atoms. The molecule has 26 heavy (non-hydrogen) atoms. The lowest BCUT2D eigenvalue weighted by atomic mass is 9.96. The molecular formula is C19H29ClN4O2. The van der Waals surface area contributed by atoms with Crippen LogP contribution in [0.4, 0.5) is 0 Å². The summed E-state index contributed by atoms with van der Waals surface area (Å²) in [5, 5.41) is 3.40. The van der Waals surface area contributed by atoms with Gasteiger partial charge in [-0.25, -0.2) is 4.79 Å². The minimum absolute atomic E-state index is 0. The summed E-state index contributed by atoms with van der Waals surface area (Å²) in [7, 11) is 0. The van der Waals surface area contributed by atoms with Crippen LogP contribution >= 0.6 is 12.4 Å². The molecule has 0 unspecified atom stereocenters. The average Bonchev–Trinajstić information content (AvgIpc) is 2.99. The van der Waals surface area contributed by atoms with Crippen LogP contribution in [0.1, 0.15) is 38.2 Å². The first-order chi connectivity index (χ1) is 12.2. The van der Waals surface area contributed by atoms with E-state index in [1.54, 1.807) is 0 Å². The van der Waals surface area contributed by atoms with Crippen LogP contribution in [0.15, 0.2) is 23.0 Å². The van der Waals surface area contributed by atoms with Crippen molar-refractivity contribution < 1.29 is 4.79 Å². The Hall–Kier alpha value is -1.79. The van der Waals surface area contributed by atoms with Crippen LogP contribution in [0.2, 0.25) is 0 Å². The second-order valence-corrected chi connectivity index (χ2v) is 6.94. The van der Waals surface area contributed by atoms with E-state index < -0.39 is 0 Å². The number of likely N-dealkylation sites (tertiary alicyclic amines) is 1. The minimum atomic E-state index is -0.181. The molecule has 1 aliphatic heterocycles. The van der Waals surface area contributed by atoms with E-state index in [0.717, 1.165) is 68.5 Å². The molecule has 7 heteroatoms. The van der Waals surface area contributed by atoms with Gasteiger partial charge in [0.25, 0.3) is 0 Å². The first-order valence-corrected chi connectivity index (χ1v) is 9.35. The molecule has 0 radical (unpaired) electrons. The van der Waals surface area contributed by atoms with E-state index in [1.165, 1.54) is 0 Å². The highest BCUT2D eigenvalue weighted by atomic mass is 35.5. The SMILES string of the molecule is CCNCC1CCN(C(=O)CCCc2ccc3[nH]c(=O)[nH]c3c2)CC1.Cl. The third kappa shape index (κ3) is 5.35. The predicted molar refractivity (Wildman–Crippen MR) is 107 cm³/mol. The van der Waals surface area contributed by atoms with Gasteiger partial charge in [-0.3, -0.25) is 4.79 Å². The molecule has 0 aliphatic carbocycles. The molecule has 1 amide bonds. The molecule has 144 valence electrons. The summed E-state index contributed by atoms with van der Waals surface area (Å²) in [6.07, 6.45) is 4.51. The van der Waals surface area contributed by atoms with Crippen molar-refractivity contribution in [3.63, 3.8) is 0 Å². The van der Waals surface area contributed by atoms with Gasteiger partial charge in [-0.15, -0.1) is 12.4 Å². The summed E-state index contributed by atoms with van der Waals surface area (Å²) in [5.41, 5.74) is 2.63. The number of H-pyrrole nitrogens is 2. The number of amides is 1. The normalized spacial score (nSPS) is 15.2. The predicted octanol–water partition coefficient (Wildman–Crippen LogP) is 2.45. The van der Waals surface area contributed by atoms with Crippen molar-refractivity contribution in [1.29, 1.82) is 0 Å². The van der Waals surface area contributed by atoms with Crippen molar-refractivity contribution in [3.05, 3.63) is 34.2 Å². The van der Waals surface area contributed by atoms with Crippen molar-refractivity contribution in [2.45, 2.75) is 39.0 Å². The van der Waals surface area contributed by atoms with Gasteiger partial charge in [-0.1, -0.05) is 13.0 Å². The molecular weight excluding hydrogens is 352 g/mol. The molecule has 6 nitrogen and oxygen atoms in total. The molecule has 3 N–H and O–H groups in total. The van der Waals surface area contributed by atoms with Crippen molar-refractivity contribution in [1.82, 2.24) is 20.2 Å². The van der Waals surface area contributed by atoms with E-state index in [2.05, 4.69) is 22.2 Å². The van der Waals surface area contributed by atoms with Crippen LogP contribution in [-0.2, 0) is 11.2 Å². The Kier molecular flexibility index (Phi) is 7.72. The van der Waals surface area contributed by atoms with Gasteiger partial charge in [0.1, 0.15) is 0 Å². The number of aromatic nitrogens is 2. The van der Waals surface area contributed by atoms with Crippen LogP contribution in [0.25, 0.3) is 11.0 Å². The molecule has 2 aromatic rings. The Morgan fingerprint density at radius 3 is 2.69 bits per heavy atom. The number of imidazole rings is 1. The largest absolute Gasteiger partial charge is 0.343 e. The maximum absolute atomic E-state index is 12.4. The number of hydrogen-bond acceptors (Lipinski definition) is 3. The quantitative estimate of drug-likeness (QED) is 0.690. The van der Waals surface area contributed by atoms with Gasteiger partial charge in [-0.05, 0) is 62.4 Å². The highest BCUT2D eigenvalue weighted by Gasteiger charge is 2.21. The Labute approximate surface area is 160 Å². The highest BCUT2D eigenvalue weighted by molar-refractivity contribution is 5.85. The first kappa shape index (κ1) is 20.5. The lowest BCUT2D eigenvalue weighted by molar-refractivity contribution is -0.132. The van der Waals surface area contributed by atoms with E-state index in [0.29, 0.717) is 12.3 Å². The second kappa shape index (κ2) is 9.78. The van der Waals surface area contributed by atoms with Crippen molar-refractivity contribution in [2.24, 2.45) is 5.92 Å². The molecule has 1 saturated heterocycles. The molecule has 1 aromatic carbocycles. The lowest BCUT2D eigenvalue weighted by Crippen LogP contribution is -2.40. The van der Waals surface area contributed by atoms with Gasteiger partial charge < -0.3 is 20.2 Å². The third-order valence-corrected chi connectivity index (χ3v) is 5.09. The van der Waals surface area contributed by atoms with Gasteiger partial charge in [0, 0.05) is 19.5 Å². The Bertz CT molecular complexity index is 762. The number of aryl methyl sites for hydroxylation is 1. The van der Waals surface area contributed by atoms with Gasteiger partial charge in [-0.2, -0.15) is 0 Å². The number of benzene rings is 1. The lowest BCUT2D eigenvalue weighted by Gasteiger charge is -2.32. The number of carbonyl (C=O) groups is 1. The van der Waals surface area contributed by atoms with Crippen LogP contribution in [0.5, 0.6) is 0 Å². The summed E-state index contributed by atoms with van der Waals surface area (Å²) >= 11 is 0. The molecule has 1 fully saturated rings. The summed E-state index contributed by atoms with van der Waals surface area (Å²) in [5.74, 6) is 0.984. The fourth-order valence-corrected chi connectivity index (χ4v) is 3.57. The van der Waals surface area contributed by atoms with Crippen molar-refractivity contribution in [2.75, 3.05) is 26.2 Å². The number of halogens is 1. The number of nitrogens with one attached hydrogen (secondary N) is 3. The van der Waals surface area contributed by atoms with Crippen LogP contribution in [0.3, 0.4) is 0 Å². The van der Waals surface area contributed by atoms with Gasteiger partial charge in [0.05, 0.1) is 11.0 Å². The van der Waals surface area contributed by atoms with Crippen molar-refractivity contribution in [3.8, 4) is 0 Å². The summed E-state index contributed by atoms with van der Waals surface area (Å²) in [4.78, 5) is 31.2. The number of fused-ring (bicyclic) bond motifs is 1. The molecule has 0 atom stereocenters.